The predicted octanol–water partition coefficient (Wildman–Crippen LogP) is 1.61. The fourth-order valence-electron chi connectivity index (χ4n) is 1.80. The molecule has 0 saturated heterocycles. The average molecular weight is 338 g/mol. The van der Waals surface area contributed by atoms with E-state index in [0.29, 0.717) is 27.4 Å². The van der Waals surface area contributed by atoms with E-state index >= 15 is 0 Å². The van der Waals surface area contributed by atoms with Gasteiger partial charge in [0.05, 0.1) is 5.56 Å². The van der Waals surface area contributed by atoms with Crippen LogP contribution >= 0.6 is 11.3 Å². The number of anilines is 2. The molecule has 1 aromatic carbocycles. The van der Waals surface area contributed by atoms with Crippen molar-refractivity contribution in [3.05, 3.63) is 46.3 Å². The van der Waals surface area contributed by atoms with Gasteiger partial charge in [-0.15, -0.1) is 11.3 Å². The smallest absolute Gasteiger partial charge is 0.256 e. The molecule has 0 spiro atoms. The van der Waals surface area contributed by atoms with Gasteiger partial charge in [-0.3, -0.25) is 13.8 Å². The third-order valence-corrected chi connectivity index (χ3v) is 4.21. The van der Waals surface area contributed by atoms with E-state index in [0.717, 1.165) is 0 Å². The lowest BCUT2D eigenvalue weighted by Gasteiger charge is -2.09. The molecular weight excluding hydrogens is 326 g/mol. The van der Waals surface area contributed by atoms with E-state index in [-0.39, 0.29) is 0 Å². The minimum absolute atomic E-state index is 0.290. The molecule has 1 atom stereocenters. The standard InChI is InChI=1S/C13H13N3O4S2/c1-7-6-21-13(10(7)11(14)17)15-12(18)8-2-4-9(5-3-8)16-22(19)20/h2-6,16H,1H3,(H2,14,17)(H,15,18)(H,19,20)/p-1. The van der Waals surface area contributed by atoms with Crippen molar-refractivity contribution in [2.75, 3.05) is 10.0 Å². The molecule has 2 aromatic rings. The fourth-order valence-corrected chi connectivity index (χ4v) is 3.08. The number of carbonyl (C=O) groups is 2. The first-order valence-corrected chi connectivity index (χ1v) is 7.99. The molecule has 0 aliphatic carbocycles. The molecule has 1 aromatic heterocycles. The number of hydrogen-bond acceptors (Lipinski definition) is 5. The van der Waals surface area contributed by atoms with E-state index in [1.165, 1.54) is 35.6 Å². The molecule has 7 nitrogen and oxygen atoms in total. The molecule has 1 heterocycles. The van der Waals surface area contributed by atoms with Gasteiger partial charge in [-0.2, -0.15) is 0 Å². The Hall–Kier alpha value is -2.23. The van der Waals surface area contributed by atoms with Crippen molar-refractivity contribution in [1.82, 2.24) is 0 Å². The van der Waals surface area contributed by atoms with Crippen LogP contribution in [0.25, 0.3) is 0 Å². The van der Waals surface area contributed by atoms with Crippen molar-refractivity contribution in [2.24, 2.45) is 5.73 Å². The largest absolute Gasteiger partial charge is 0.755 e. The summed E-state index contributed by atoms with van der Waals surface area (Å²) < 4.78 is 23.2. The van der Waals surface area contributed by atoms with E-state index < -0.39 is 23.1 Å². The summed E-state index contributed by atoms with van der Waals surface area (Å²) in [6.45, 7) is 1.73. The van der Waals surface area contributed by atoms with Crippen molar-refractivity contribution >= 4 is 45.1 Å². The third kappa shape index (κ3) is 3.70. The SMILES string of the molecule is Cc1csc(NC(=O)c2ccc(NS(=O)[O-])cc2)c1C(N)=O. The molecule has 0 aliphatic heterocycles. The molecule has 4 N–H and O–H groups in total. The van der Waals surface area contributed by atoms with Crippen LogP contribution in [0.2, 0.25) is 0 Å². The van der Waals surface area contributed by atoms with Gasteiger partial charge >= 0.3 is 0 Å². The number of nitrogens with one attached hydrogen (secondary N) is 2. The first-order chi connectivity index (χ1) is 10.4. The molecule has 2 rings (SSSR count). The van der Waals surface area contributed by atoms with Crippen molar-refractivity contribution in [2.45, 2.75) is 6.92 Å². The van der Waals surface area contributed by atoms with Crippen LogP contribution in [-0.4, -0.2) is 20.6 Å². The number of primary amides is 1. The summed E-state index contributed by atoms with van der Waals surface area (Å²) in [4.78, 5) is 23.5. The van der Waals surface area contributed by atoms with Gasteiger partial charge in [-0.25, -0.2) is 0 Å². The highest BCUT2D eigenvalue weighted by Gasteiger charge is 2.16. The number of amides is 2. The zero-order valence-electron chi connectivity index (χ0n) is 11.4. The first kappa shape index (κ1) is 16.1. The Morgan fingerprint density at radius 2 is 1.91 bits per heavy atom. The molecule has 0 radical (unpaired) electrons. The van der Waals surface area contributed by atoms with E-state index in [9.17, 15) is 18.4 Å². The van der Waals surface area contributed by atoms with Crippen LogP contribution in [0.3, 0.4) is 0 Å². The van der Waals surface area contributed by atoms with Crippen molar-refractivity contribution in [1.29, 1.82) is 0 Å². The zero-order valence-corrected chi connectivity index (χ0v) is 13.0. The number of aryl methyl sites for hydroxylation is 1. The summed E-state index contributed by atoms with van der Waals surface area (Å²) in [6.07, 6.45) is 0. The second kappa shape index (κ2) is 6.69. The van der Waals surface area contributed by atoms with Gasteiger partial charge in [0.1, 0.15) is 5.00 Å². The molecule has 9 heteroatoms. The van der Waals surface area contributed by atoms with Gasteiger partial charge in [0, 0.05) is 22.5 Å². The maximum atomic E-state index is 12.1. The van der Waals surface area contributed by atoms with E-state index in [2.05, 4.69) is 10.0 Å². The monoisotopic (exact) mass is 338 g/mol. The Balaban J connectivity index is 2.16. The first-order valence-electron chi connectivity index (χ1n) is 6.03. The zero-order chi connectivity index (χ0) is 16.3. The summed E-state index contributed by atoms with van der Waals surface area (Å²) in [7, 11) is 0. The number of rotatable bonds is 5. The average Bonchev–Trinajstić information content (AvgIpc) is 2.79. The maximum Gasteiger partial charge on any atom is 0.256 e. The highest BCUT2D eigenvalue weighted by Crippen LogP contribution is 2.27. The lowest BCUT2D eigenvalue weighted by molar-refractivity contribution is 0.100. The van der Waals surface area contributed by atoms with Crippen LogP contribution in [0.5, 0.6) is 0 Å². The molecule has 22 heavy (non-hydrogen) atoms. The number of thiophene rings is 1. The van der Waals surface area contributed by atoms with Crippen LogP contribution in [-0.2, 0) is 11.3 Å². The van der Waals surface area contributed by atoms with Crippen LogP contribution < -0.4 is 15.8 Å². The normalized spacial score (nSPS) is 11.7. The Morgan fingerprint density at radius 3 is 2.45 bits per heavy atom. The molecule has 0 saturated carbocycles. The van der Waals surface area contributed by atoms with Gasteiger partial charge in [0.15, 0.2) is 0 Å². The Labute approximate surface area is 132 Å². The maximum absolute atomic E-state index is 12.1. The minimum atomic E-state index is -2.42. The number of carbonyl (C=O) groups excluding carboxylic acids is 2. The fraction of sp³-hybridized carbons (Fsp3) is 0.0769. The van der Waals surface area contributed by atoms with Crippen LogP contribution in [0.4, 0.5) is 10.7 Å². The second-order valence-electron chi connectivity index (χ2n) is 4.36. The van der Waals surface area contributed by atoms with Crippen molar-refractivity contribution in [3.63, 3.8) is 0 Å². The highest BCUT2D eigenvalue weighted by atomic mass is 32.2. The van der Waals surface area contributed by atoms with Crippen molar-refractivity contribution < 1.29 is 18.4 Å². The summed E-state index contributed by atoms with van der Waals surface area (Å²) in [5.41, 5.74) is 6.94. The highest BCUT2D eigenvalue weighted by molar-refractivity contribution is 7.80. The summed E-state index contributed by atoms with van der Waals surface area (Å²) >= 11 is -1.21. The van der Waals surface area contributed by atoms with Gasteiger partial charge in [-0.05, 0) is 42.1 Å². The van der Waals surface area contributed by atoms with Crippen molar-refractivity contribution in [3.8, 4) is 0 Å². The molecular formula is C13H12N3O4S2-. The molecule has 0 aliphatic rings. The van der Waals surface area contributed by atoms with E-state index in [1.807, 2.05) is 0 Å². The molecule has 1 unspecified atom stereocenters. The third-order valence-electron chi connectivity index (χ3n) is 2.80. The summed E-state index contributed by atoms with van der Waals surface area (Å²) in [5.74, 6) is -1.02. The topological polar surface area (TPSA) is 124 Å². The van der Waals surface area contributed by atoms with Gasteiger partial charge in [0.25, 0.3) is 11.8 Å². The van der Waals surface area contributed by atoms with Crippen LogP contribution in [0.15, 0.2) is 29.6 Å². The second-order valence-corrected chi connectivity index (χ2v) is 5.91. The lowest BCUT2D eigenvalue weighted by Crippen LogP contribution is -2.17. The lowest BCUT2D eigenvalue weighted by atomic mass is 10.1. The molecule has 0 bridgehead atoms. The molecule has 0 fully saturated rings. The molecule has 2 amide bonds. The Morgan fingerprint density at radius 1 is 1.27 bits per heavy atom. The number of hydrogen-bond donors (Lipinski definition) is 3. The van der Waals surface area contributed by atoms with Gasteiger partial charge < -0.3 is 20.3 Å². The van der Waals surface area contributed by atoms with Crippen LogP contribution in [0, 0.1) is 6.92 Å². The van der Waals surface area contributed by atoms with Gasteiger partial charge in [0.2, 0.25) is 0 Å². The Kier molecular flexibility index (Phi) is 4.91. The number of benzene rings is 1. The molecule has 116 valence electrons. The quantitative estimate of drug-likeness (QED) is 0.716. The number of nitrogens with two attached hydrogens (primary N) is 1. The van der Waals surface area contributed by atoms with E-state index in [1.54, 1.807) is 12.3 Å². The predicted molar refractivity (Wildman–Crippen MR) is 84.5 cm³/mol. The van der Waals surface area contributed by atoms with E-state index in [4.69, 9.17) is 5.73 Å². The summed E-state index contributed by atoms with van der Waals surface area (Å²) in [5, 5.41) is 4.74. The van der Waals surface area contributed by atoms with Crippen LogP contribution in [0.1, 0.15) is 26.3 Å². The minimum Gasteiger partial charge on any atom is -0.755 e. The summed E-state index contributed by atoms with van der Waals surface area (Å²) in [6, 6.07) is 5.85. The Bertz CT molecular complexity index is 740. The van der Waals surface area contributed by atoms with Gasteiger partial charge in [-0.1, -0.05) is 0 Å².